The predicted molar refractivity (Wildman–Crippen MR) is 121 cm³/mol. The SMILES string of the molecule is CCOC(=O)C1=C(C)N(C)C(=S)N[C@H]1c1cccc(NC(=O)c2ccccc2C)c1. The van der Waals surface area contributed by atoms with Crippen molar-refractivity contribution >= 4 is 34.9 Å². The Morgan fingerprint density at radius 2 is 1.90 bits per heavy atom. The van der Waals surface area contributed by atoms with Gasteiger partial charge in [0.15, 0.2) is 5.11 Å². The molecule has 2 aromatic rings. The van der Waals surface area contributed by atoms with Crippen LogP contribution in [0.5, 0.6) is 0 Å². The summed E-state index contributed by atoms with van der Waals surface area (Å²) in [6.45, 7) is 5.79. The number of anilines is 1. The molecule has 0 aromatic heterocycles. The molecule has 0 unspecified atom stereocenters. The normalized spacial score (nSPS) is 16.2. The smallest absolute Gasteiger partial charge is 0.338 e. The van der Waals surface area contributed by atoms with Gasteiger partial charge in [-0.05, 0) is 62.3 Å². The first-order valence-corrected chi connectivity index (χ1v) is 10.1. The molecular formula is C23H25N3O3S. The highest BCUT2D eigenvalue weighted by atomic mass is 32.1. The Morgan fingerprint density at radius 3 is 2.60 bits per heavy atom. The van der Waals surface area contributed by atoms with Crippen LogP contribution in [0.2, 0.25) is 0 Å². The molecule has 30 heavy (non-hydrogen) atoms. The number of benzene rings is 2. The summed E-state index contributed by atoms with van der Waals surface area (Å²) in [6.07, 6.45) is 0. The van der Waals surface area contributed by atoms with E-state index in [4.69, 9.17) is 17.0 Å². The molecule has 1 aliphatic rings. The van der Waals surface area contributed by atoms with E-state index in [1.807, 2.05) is 56.3 Å². The minimum atomic E-state index is -0.469. The summed E-state index contributed by atoms with van der Waals surface area (Å²) >= 11 is 5.43. The number of allylic oxidation sites excluding steroid dienone is 1. The Bertz CT molecular complexity index is 1030. The largest absolute Gasteiger partial charge is 0.463 e. The first-order valence-electron chi connectivity index (χ1n) is 9.72. The maximum absolute atomic E-state index is 12.7. The molecule has 0 saturated carbocycles. The highest BCUT2D eigenvalue weighted by Crippen LogP contribution is 2.32. The Balaban J connectivity index is 1.93. The van der Waals surface area contributed by atoms with Gasteiger partial charge in [-0.25, -0.2) is 4.79 Å². The summed E-state index contributed by atoms with van der Waals surface area (Å²) in [5.41, 5.74) is 4.18. The van der Waals surface area contributed by atoms with Gasteiger partial charge in [0.1, 0.15) is 0 Å². The molecule has 1 atom stereocenters. The lowest BCUT2D eigenvalue weighted by Crippen LogP contribution is -2.46. The van der Waals surface area contributed by atoms with Gasteiger partial charge in [0.25, 0.3) is 5.91 Å². The summed E-state index contributed by atoms with van der Waals surface area (Å²) in [5, 5.41) is 6.66. The molecule has 3 rings (SSSR count). The number of nitrogens with zero attached hydrogens (tertiary/aromatic N) is 1. The molecule has 1 aliphatic heterocycles. The fourth-order valence-electron chi connectivity index (χ4n) is 3.38. The van der Waals surface area contributed by atoms with Gasteiger partial charge in [-0.3, -0.25) is 4.79 Å². The van der Waals surface area contributed by atoms with Gasteiger partial charge in [0.2, 0.25) is 0 Å². The number of hydrogen-bond donors (Lipinski definition) is 2. The third-order valence-corrected chi connectivity index (χ3v) is 5.51. The van der Waals surface area contributed by atoms with E-state index in [1.165, 1.54) is 0 Å². The number of ether oxygens (including phenoxy) is 1. The van der Waals surface area contributed by atoms with Crippen LogP contribution < -0.4 is 10.6 Å². The molecule has 0 bridgehead atoms. The van der Waals surface area contributed by atoms with Crippen molar-refractivity contribution in [3.8, 4) is 0 Å². The highest BCUT2D eigenvalue weighted by Gasteiger charge is 2.33. The van der Waals surface area contributed by atoms with E-state index < -0.39 is 12.0 Å². The number of nitrogens with one attached hydrogen (secondary N) is 2. The molecule has 2 N–H and O–H groups in total. The Labute approximate surface area is 181 Å². The Morgan fingerprint density at radius 1 is 1.17 bits per heavy atom. The number of carbonyl (C=O) groups is 2. The second kappa shape index (κ2) is 9.09. The quantitative estimate of drug-likeness (QED) is 0.561. The number of aryl methyl sites for hydroxylation is 1. The van der Waals surface area contributed by atoms with E-state index in [1.54, 1.807) is 24.9 Å². The molecule has 156 valence electrons. The molecule has 1 amide bonds. The molecule has 0 fully saturated rings. The number of thiocarbonyl (C=S) groups is 1. The van der Waals surface area contributed by atoms with E-state index in [9.17, 15) is 9.59 Å². The minimum absolute atomic E-state index is 0.186. The van der Waals surface area contributed by atoms with Crippen molar-refractivity contribution in [2.24, 2.45) is 0 Å². The predicted octanol–water partition coefficient (Wildman–Crippen LogP) is 3.95. The maximum atomic E-state index is 12.7. The zero-order valence-electron chi connectivity index (χ0n) is 17.5. The first kappa shape index (κ1) is 21.5. The number of hydrogen-bond acceptors (Lipinski definition) is 4. The number of carbonyl (C=O) groups excluding carboxylic acids is 2. The van der Waals surface area contributed by atoms with Crippen molar-refractivity contribution < 1.29 is 14.3 Å². The van der Waals surface area contributed by atoms with Gasteiger partial charge in [-0.15, -0.1) is 0 Å². The van der Waals surface area contributed by atoms with Crippen molar-refractivity contribution in [2.45, 2.75) is 26.8 Å². The summed E-state index contributed by atoms with van der Waals surface area (Å²) in [5.74, 6) is -0.578. The average molecular weight is 424 g/mol. The third kappa shape index (κ3) is 4.36. The zero-order chi connectivity index (χ0) is 21.8. The van der Waals surface area contributed by atoms with Crippen molar-refractivity contribution in [1.82, 2.24) is 10.2 Å². The van der Waals surface area contributed by atoms with E-state index in [-0.39, 0.29) is 12.5 Å². The van der Waals surface area contributed by atoms with Gasteiger partial charge in [0.05, 0.1) is 18.2 Å². The molecule has 0 radical (unpaired) electrons. The van der Waals surface area contributed by atoms with Crippen LogP contribution in [-0.2, 0) is 9.53 Å². The Kier molecular flexibility index (Phi) is 6.52. The second-order valence-corrected chi connectivity index (χ2v) is 7.44. The van der Waals surface area contributed by atoms with E-state index in [0.717, 1.165) is 16.8 Å². The second-order valence-electron chi connectivity index (χ2n) is 7.06. The van der Waals surface area contributed by atoms with Crippen LogP contribution in [0.4, 0.5) is 5.69 Å². The van der Waals surface area contributed by atoms with E-state index in [0.29, 0.717) is 21.9 Å². The van der Waals surface area contributed by atoms with Gasteiger partial charge in [0, 0.05) is 24.0 Å². The molecule has 1 heterocycles. The van der Waals surface area contributed by atoms with Crippen LogP contribution in [0, 0.1) is 6.92 Å². The van der Waals surface area contributed by atoms with Crippen LogP contribution in [0.3, 0.4) is 0 Å². The summed E-state index contributed by atoms with van der Waals surface area (Å²) in [6, 6.07) is 14.3. The van der Waals surface area contributed by atoms with Crippen molar-refractivity contribution in [3.05, 3.63) is 76.5 Å². The molecule has 2 aromatic carbocycles. The van der Waals surface area contributed by atoms with Crippen LogP contribution in [0.25, 0.3) is 0 Å². The number of esters is 1. The number of rotatable bonds is 5. The zero-order valence-corrected chi connectivity index (χ0v) is 18.3. The van der Waals surface area contributed by atoms with E-state index >= 15 is 0 Å². The van der Waals surface area contributed by atoms with E-state index in [2.05, 4.69) is 10.6 Å². The maximum Gasteiger partial charge on any atom is 0.338 e. The third-order valence-electron chi connectivity index (χ3n) is 5.12. The summed E-state index contributed by atoms with van der Waals surface area (Å²) in [4.78, 5) is 27.1. The molecule has 0 aliphatic carbocycles. The lowest BCUT2D eigenvalue weighted by atomic mass is 9.94. The standard InChI is InChI=1S/C23H25N3O3S/c1-5-29-22(28)19-15(3)26(4)23(30)25-20(19)16-10-8-11-17(13-16)24-21(27)18-12-7-6-9-14(18)2/h6-13,20H,5H2,1-4H3,(H,24,27)(H,25,30)/t20-/m0/s1. The average Bonchev–Trinajstić information content (AvgIpc) is 2.72. The fraction of sp³-hybridized carbons (Fsp3) is 0.261. The van der Waals surface area contributed by atoms with Crippen molar-refractivity contribution in [2.75, 3.05) is 19.0 Å². The van der Waals surface area contributed by atoms with Crippen molar-refractivity contribution in [1.29, 1.82) is 0 Å². The molecule has 0 saturated heterocycles. The summed E-state index contributed by atoms with van der Waals surface area (Å²) in [7, 11) is 1.80. The molecule has 7 heteroatoms. The number of amides is 1. The van der Waals surface area contributed by atoms with Crippen molar-refractivity contribution in [3.63, 3.8) is 0 Å². The fourth-order valence-corrected chi connectivity index (χ4v) is 3.64. The Hall–Kier alpha value is -3.19. The van der Waals surface area contributed by atoms with Gasteiger partial charge in [-0.1, -0.05) is 30.3 Å². The van der Waals surface area contributed by atoms with Crippen LogP contribution in [0.15, 0.2) is 59.8 Å². The monoisotopic (exact) mass is 423 g/mol. The van der Waals surface area contributed by atoms with Crippen LogP contribution in [-0.4, -0.2) is 35.5 Å². The van der Waals surface area contributed by atoms with Crippen LogP contribution in [0.1, 0.15) is 41.4 Å². The minimum Gasteiger partial charge on any atom is -0.463 e. The lowest BCUT2D eigenvalue weighted by Gasteiger charge is -2.35. The topological polar surface area (TPSA) is 70.7 Å². The first-order chi connectivity index (χ1) is 14.3. The molecule has 0 spiro atoms. The lowest BCUT2D eigenvalue weighted by molar-refractivity contribution is -0.139. The summed E-state index contributed by atoms with van der Waals surface area (Å²) < 4.78 is 5.28. The highest BCUT2D eigenvalue weighted by molar-refractivity contribution is 7.80. The molecular weight excluding hydrogens is 398 g/mol. The van der Waals surface area contributed by atoms with Gasteiger partial charge < -0.3 is 20.3 Å². The van der Waals surface area contributed by atoms with Gasteiger partial charge in [-0.2, -0.15) is 0 Å². The van der Waals surface area contributed by atoms with Gasteiger partial charge >= 0.3 is 5.97 Å². The molecule has 6 nitrogen and oxygen atoms in total. The van der Waals surface area contributed by atoms with Crippen LogP contribution >= 0.6 is 12.2 Å².